The van der Waals surface area contributed by atoms with E-state index >= 15 is 0 Å². The van der Waals surface area contributed by atoms with Gasteiger partial charge in [-0.05, 0) is 32.2 Å². The molecule has 1 aliphatic heterocycles. The summed E-state index contributed by atoms with van der Waals surface area (Å²) in [5, 5.41) is 8.28. The summed E-state index contributed by atoms with van der Waals surface area (Å²) in [5.41, 5.74) is 6.55. The van der Waals surface area contributed by atoms with Gasteiger partial charge in [0.25, 0.3) is 0 Å². The first-order valence-electron chi connectivity index (χ1n) is 6.54. The first-order valence-corrected chi connectivity index (χ1v) is 6.54. The molecule has 5 nitrogen and oxygen atoms in total. The van der Waals surface area contributed by atoms with E-state index in [0.717, 1.165) is 24.7 Å². The van der Waals surface area contributed by atoms with Crippen LogP contribution >= 0.6 is 0 Å². The number of nitrogens with two attached hydrogens (primary N) is 1. The van der Waals surface area contributed by atoms with Crippen LogP contribution in [0, 0.1) is 5.92 Å². The van der Waals surface area contributed by atoms with Gasteiger partial charge in [0.05, 0.1) is 12.2 Å². The predicted octanol–water partition coefficient (Wildman–Crippen LogP) is 0.857. The lowest BCUT2D eigenvalue weighted by molar-refractivity contribution is 0.105. The van der Waals surface area contributed by atoms with E-state index in [1.54, 1.807) is 0 Å². The molecule has 96 valence electrons. The van der Waals surface area contributed by atoms with E-state index in [9.17, 15) is 0 Å². The molecule has 1 saturated heterocycles. The normalized spacial score (nSPS) is 26.3. The predicted molar refractivity (Wildman–Crippen MR) is 67.3 cm³/mol. The maximum Gasteiger partial charge on any atom is 0.0967 e. The Balaban J connectivity index is 1.94. The molecule has 2 heterocycles. The van der Waals surface area contributed by atoms with E-state index in [1.165, 1.54) is 19.4 Å². The summed E-state index contributed by atoms with van der Waals surface area (Å²) < 4.78 is 1.83. The Kier molecular flexibility index (Phi) is 4.12. The molecule has 2 N–H and O–H groups in total. The van der Waals surface area contributed by atoms with E-state index in [0.29, 0.717) is 12.6 Å². The zero-order valence-electron chi connectivity index (χ0n) is 10.8. The molecular formula is C12H23N5. The van der Waals surface area contributed by atoms with Gasteiger partial charge in [0.15, 0.2) is 0 Å². The van der Waals surface area contributed by atoms with Gasteiger partial charge in [0, 0.05) is 25.3 Å². The summed E-state index contributed by atoms with van der Waals surface area (Å²) in [6.07, 6.45) is 4.65. The van der Waals surface area contributed by atoms with Gasteiger partial charge < -0.3 is 5.73 Å². The second-order valence-corrected chi connectivity index (χ2v) is 5.09. The number of rotatable bonds is 4. The number of nitrogens with zero attached hydrogens (tertiary/aromatic N) is 4. The van der Waals surface area contributed by atoms with E-state index < -0.39 is 0 Å². The molecule has 5 heteroatoms. The smallest absolute Gasteiger partial charge is 0.0967 e. The molecule has 0 amide bonds. The Bertz CT molecular complexity index is 348. The SMILES string of the molecule is CC1CCCN(Cc2cn(CCN)nn2)C1C. The van der Waals surface area contributed by atoms with Crippen molar-refractivity contribution >= 4 is 0 Å². The molecule has 2 unspecified atom stereocenters. The van der Waals surface area contributed by atoms with Crippen LogP contribution in [0.4, 0.5) is 0 Å². The zero-order valence-corrected chi connectivity index (χ0v) is 10.8. The highest BCUT2D eigenvalue weighted by Gasteiger charge is 2.25. The second-order valence-electron chi connectivity index (χ2n) is 5.09. The summed E-state index contributed by atoms with van der Waals surface area (Å²) >= 11 is 0. The van der Waals surface area contributed by atoms with Crippen LogP contribution in [-0.4, -0.2) is 39.0 Å². The van der Waals surface area contributed by atoms with E-state index in [4.69, 9.17) is 5.73 Å². The maximum absolute atomic E-state index is 5.50. The Hall–Kier alpha value is -0.940. The molecular weight excluding hydrogens is 214 g/mol. The van der Waals surface area contributed by atoms with Crippen molar-refractivity contribution in [3.8, 4) is 0 Å². The van der Waals surface area contributed by atoms with Gasteiger partial charge in [-0.3, -0.25) is 9.58 Å². The molecule has 1 fully saturated rings. The zero-order chi connectivity index (χ0) is 12.3. The van der Waals surface area contributed by atoms with Crippen molar-refractivity contribution < 1.29 is 0 Å². The molecule has 2 atom stereocenters. The Labute approximate surface area is 103 Å². The molecule has 0 aromatic carbocycles. The molecule has 1 aromatic rings. The first kappa shape index (κ1) is 12.5. The number of hydrogen-bond donors (Lipinski definition) is 1. The van der Waals surface area contributed by atoms with Crippen LogP contribution in [0.5, 0.6) is 0 Å². The monoisotopic (exact) mass is 237 g/mol. The van der Waals surface area contributed by atoms with Crippen molar-refractivity contribution in [3.05, 3.63) is 11.9 Å². The molecule has 0 saturated carbocycles. The van der Waals surface area contributed by atoms with Crippen molar-refractivity contribution in [2.75, 3.05) is 13.1 Å². The third kappa shape index (κ3) is 3.04. The largest absolute Gasteiger partial charge is 0.329 e. The highest BCUT2D eigenvalue weighted by molar-refractivity contribution is 4.94. The average molecular weight is 237 g/mol. The van der Waals surface area contributed by atoms with Crippen LogP contribution in [0.25, 0.3) is 0 Å². The minimum absolute atomic E-state index is 0.611. The Morgan fingerprint density at radius 3 is 3.06 bits per heavy atom. The lowest BCUT2D eigenvalue weighted by Crippen LogP contribution is -2.41. The van der Waals surface area contributed by atoms with Crippen LogP contribution in [0.1, 0.15) is 32.4 Å². The molecule has 1 aromatic heterocycles. The fourth-order valence-corrected chi connectivity index (χ4v) is 2.50. The Morgan fingerprint density at radius 2 is 2.29 bits per heavy atom. The first-order chi connectivity index (χ1) is 8.20. The molecule has 0 bridgehead atoms. The van der Waals surface area contributed by atoms with Gasteiger partial charge in [-0.15, -0.1) is 5.10 Å². The molecule has 0 aliphatic carbocycles. The van der Waals surface area contributed by atoms with E-state index in [1.807, 2.05) is 10.9 Å². The quantitative estimate of drug-likeness (QED) is 0.843. The molecule has 0 spiro atoms. The summed E-state index contributed by atoms with van der Waals surface area (Å²) in [4.78, 5) is 2.50. The molecule has 0 radical (unpaired) electrons. The van der Waals surface area contributed by atoms with Gasteiger partial charge in [-0.1, -0.05) is 12.1 Å². The highest BCUT2D eigenvalue weighted by atomic mass is 15.4. The van der Waals surface area contributed by atoms with Gasteiger partial charge in [-0.2, -0.15) is 0 Å². The van der Waals surface area contributed by atoms with Crippen LogP contribution in [0.15, 0.2) is 6.20 Å². The van der Waals surface area contributed by atoms with Crippen molar-refractivity contribution in [2.45, 2.75) is 45.8 Å². The number of hydrogen-bond acceptors (Lipinski definition) is 4. The standard InChI is InChI=1S/C12H23N5/c1-10-4-3-6-16(11(10)2)8-12-9-17(7-5-13)15-14-12/h9-11H,3-8,13H2,1-2H3. The lowest BCUT2D eigenvalue weighted by Gasteiger charge is -2.37. The van der Waals surface area contributed by atoms with Crippen molar-refractivity contribution in [3.63, 3.8) is 0 Å². The number of aromatic nitrogens is 3. The Morgan fingerprint density at radius 1 is 1.47 bits per heavy atom. The summed E-state index contributed by atoms with van der Waals surface area (Å²) in [7, 11) is 0. The van der Waals surface area contributed by atoms with Crippen LogP contribution in [0.2, 0.25) is 0 Å². The third-order valence-electron chi connectivity index (χ3n) is 3.81. The van der Waals surface area contributed by atoms with Crippen LogP contribution in [0.3, 0.4) is 0 Å². The summed E-state index contributed by atoms with van der Waals surface area (Å²) in [5.74, 6) is 0.780. The van der Waals surface area contributed by atoms with Crippen molar-refractivity contribution in [2.24, 2.45) is 11.7 Å². The average Bonchev–Trinajstić information content (AvgIpc) is 2.73. The fraction of sp³-hybridized carbons (Fsp3) is 0.833. The lowest BCUT2D eigenvalue weighted by atomic mass is 9.92. The molecule has 1 aliphatic rings. The van der Waals surface area contributed by atoms with Crippen molar-refractivity contribution in [1.29, 1.82) is 0 Å². The number of piperidine rings is 1. The fourth-order valence-electron chi connectivity index (χ4n) is 2.50. The molecule has 2 rings (SSSR count). The van der Waals surface area contributed by atoms with Crippen LogP contribution in [-0.2, 0) is 13.1 Å². The van der Waals surface area contributed by atoms with Crippen molar-refractivity contribution in [1.82, 2.24) is 19.9 Å². The van der Waals surface area contributed by atoms with Gasteiger partial charge in [0.1, 0.15) is 0 Å². The molecule has 17 heavy (non-hydrogen) atoms. The van der Waals surface area contributed by atoms with E-state index in [2.05, 4.69) is 29.1 Å². The maximum atomic E-state index is 5.50. The third-order valence-corrected chi connectivity index (χ3v) is 3.81. The minimum Gasteiger partial charge on any atom is -0.329 e. The second kappa shape index (κ2) is 5.60. The van der Waals surface area contributed by atoms with Gasteiger partial charge in [0.2, 0.25) is 0 Å². The minimum atomic E-state index is 0.611. The van der Waals surface area contributed by atoms with Gasteiger partial charge >= 0.3 is 0 Å². The van der Waals surface area contributed by atoms with E-state index in [-0.39, 0.29) is 0 Å². The topological polar surface area (TPSA) is 60.0 Å². The highest BCUT2D eigenvalue weighted by Crippen LogP contribution is 2.23. The van der Waals surface area contributed by atoms with Crippen LogP contribution < -0.4 is 5.73 Å². The van der Waals surface area contributed by atoms with Gasteiger partial charge in [-0.25, -0.2) is 0 Å². The number of likely N-dealkylation sites (tertiary alicyclic amines) is 1. The summed E-state index contributed by atoms with van der Waals surface area (Å²) in [6.45, 7) is 8.10. The summed E-state index contributed by atoms with van der Waals surface area (Å²) in [6, 6.07) is 0.642.